The first kappa shape index (κ1) is 109. The number of unbranched alkanes of at least 4 members (excludes halogenated alkanes) is 2. The van der Waals surface area contributed by atoms with Crippen molar-refractivity contribution < 1.29 is 62.0 Å². The average molecular weight is 1560 g/mol. The van der Waals surface area contributed by atoms with E-state index in [1.165, 1.54) is 29.1 Å². The lowest BCUT2D eigenvalue weighted by molar-refractivity contribution is -0.115. The number of nitrogens with zero attached hydrogens (tertiary/aromatic N) is 9. The number of hydrogen-bond acceptors (Lipinski definition) is 22. The third-order valence-electron chi connectivity index (χ3n) is 12.6. The summed E-state index contributed by atoms with van der Waals surface area (Å²) in [6.07, 6.45) is 16.9. The molecule has 0 spiro atoms. The van der Waals surface area contributed by atoms with Crippen LogP contribution >= 0.6 is 12.4 Å². The van der Waals surface area contributed by atoms with Gasteiger partial charge in [-0.2, -0.15) is 20.5 Å². The Balaban J connectivity index is -0.000000432. The van der Waals surface area contributed by atoms with Crippen LogP contribution in [0.1, 0.15) is 230 Å². The number of aromatic nitrogens is 4. The van der Waals surface area contributed by atoms with E-state index in [9.17, 15) is 33.6 Å². The summed E-state index contributed by atoms with van der Waals surface area (Å²) in [6.45, 7) is 50.3. The minimum atomic E-state index is -0.571. The number of nitrogens with one attached hydrogen (secondary N) is 9. The molecule has 0 atom stereocenters. The third kappa shape index (κ3) is 73.6. The van der Waals surface area contributed by atoms with Crippen LogP contribution in [0.3, 0.4) is 0 Å². The van der Waals surface area contributed by atoms with Crippen LogP contribution in [0.15, 0.2) is 41.9 Å². The molecular weight excluding hydrogens is 1410 g/mol. The fourth-order valence-corrected chi connectivity index (χ4v) is 8.13. The van der Waals surface area contributed by atoms with Gasteiger partial charge in [-0.3, -0.25) is 10.2 Å². The van der Waals surface area contributed by atoms with Gasteiger partial charge in [-0.25, -0.2) is 38.1 Å². The van der Waals surface area contributed by atoms with E-state index in [0.717, 1.165) is 84.3 Å². The molecule has 7 amide bonds. The average Bonchev–Trinajstić information content (AvgIpc) is 1.17. The Kier molecular flexibility index (Phi) is 62.3. The summed E-state index contributed by atoms with van der Waals surface area (Å²) in [7, 11) is 0. The van der Waals surface area contributed by atoms with Gasteiger partial charge in [0.15, 0.2) is 6.19 Å². The van der Waals surface area contributed by atoms with Crippen LogP contribution in [0.4, 0.5) is 28.8 Å². The van der Waals surface area contributed by atoms with E-state index in [1.807, 2.05) is 92.9 Å². The molecule has 2 aromatic rings. The van der Waals surface area contributed by atoms with Crippen LogP contribution in [0.25, 0.3) is 0 Å². The molecule has 2 heterocycles. The number of hydrogen-bond donors (Lipinski definition) is 11. The van der Waals surface area contributed by atoms with Crippen LogP contribution in [0.5, 0.6) is 0 Å². The third-order valence-corrected chi connectivity index (χ3v) is 12.6. The quantitative estimate of drug-likeness (QED) is 0.00754. The number of nitriles is 1. The largest absolute Gasteiger partial charge is 0.444 e. The molecule has 2 aromatic heterocycles. The van der Waals surface area contributed by atoms with Gasteiger partial charge in [0.2, 0.25) is 17.8 Å². The predicted octanol–water partition coefficient (Wildman–Crippen LogP) is 10.7. The van der Waals surface area contributed by atoms with Crippen LogP contribution in [-0.2, 0) is 33.2 Å². The van der Waals surface area contributed by atoms with Crippen molar-refractivity contribution in [3.05, 3.63) is 36.9 Å². The number of nitrogens with two attached hydrogens (primary N) is 2. The van der Waals surface area contributed by atoms with Crippen LogP contribution in [0, 0.1) is 16.9 Å². The lowest BCUT2D eigenvalue weighted by atomic mass is 10.2. The Hall–Kier alpha value is -7.93. The summed E-state index contributed by atoms with van der Waals surface area (Å²) in [5.41, 5.74) is 7.45. The van der Waals surface area contributed by atoms with Gasteiger partial charge in [0.05, 0.1) is 0 Å². The Bertz CT molecular complexity index is 2660. The highest BCUT2D eigenvalue weighted by Gasteiger charge is 2.23. The molecule has 34 heteroatoms. The van der Waals surface area contributed by atoms with E-state index < -0.39 is 64.1 Å². The van der Waals surface area contributed by atoms with E-state index in [4.69, 9.17) is 50.6 Å². The highest BCUT2D eigenvalue weighted by Crippen LogP contribution is 2.12. The summed E-state index contributed by atoms with van der Waals surface area (Å²) in [6, 6.07) is 3.49. The zero-order chi connectivity index (χ0) is 81.3. The highest BCUT2D eigenvalue weighted by molar-refractivity contribution is 5.93. The van der Waals surface area contributed by atoms with Crippen molar-refractivity contribution in [2.75, 3.05) is 118 Å². The number of amides is 7. The number of ether oxygens (including phenoxy) is 6. The van der Waals surface area contributed by atoms with Crippen molar-refractivity contribution in [2.24, 2.45) is 16.5 Å². The molecule has 0 aliphatic heterocycles. The number of rotatable bonds is 36. The van der Waals surface area contributed by atoms with Gasteiger partial charge in [-0.05, 0) is 240 Å². The van der Waals surface area contributed by atoms with E-state index in [-0.39, 0.29) is 37.8 Å². The highest BCUT2D eigenvalue weighted by atomic mass is 35.5. The molecule has 0 aromatic carbocycles. The predicted molar refractivity (Wildman–Crippen MR) is 431 cm³/mol. The van der Waals surface area contributed by atoms with Crippen LogP contribution in [-0.4, -0.2) is 240 Å². The maximum Gasteiger partial charge on any atom is 0.407 e. The number of carbonyl (C=O) groups excluding carboxylic acids is 7. The van der Waals surface area contributed by atoms with E-state index in [2.05, 4.69) is 77.8 Å². The van der Waals surface area contributed by atoms with Gasteiger partial charge < -0.3 is 97.1 Å². The topological polar surface area (TPSA) is 429 Å². The Morgan fingerprint density at radius 3 is 0.991 bits per heavy atom. The van der Waals surface area contributed by atoms with Gasteiger partial charge >= 0.3 is 36.6 Å². The SMILES string of the molecule is C.CC(=O)N=C(N(CCCNC(=O)OC(C)(C)C)CCCNC(=O)OC(C)(C)C)n1cccn1.CC(C)(C)OC(=O)NCCCN(CCCNC(=O)OC(C)(C)C)C(=N)n1cccn1.CCCCN(C#N)CCCNC(=O)OC(C)(C)C.CCCCNCCCNC(=O)OC(C)(C)C.Cl.NCCCNCCCN. The van der Waals surface area contributed by atoms with Gasteiger partial charge in [-0.15, -0.1) is 12.4 Å². The van der Waals surface area contributed by atoms with Crippen molar-refractivity contribution in [1.29, 1.82) is 10.7 Å². The summed E-state index contributed by atoms with van der Waals surface area (Å²) >= 11 is 0. The Morgan fingerprint density at radius 2 is 0.713 bits per heavy atom. The lowest BCUT2D eigenvalue weighted by Gasteiger charge is -2.26. The molecule has 0 unspecified atom stereocenters. The molecule has 13 N–H and O–H groups in total. The fourth-order valence-electron chi connectivity index (χ4n) is 8.13. The second-order valence-corrected chi connectivity index (χ2v) is 30.4. The lowest BCUT2D eigenvalue weighted by Crippen LogP contribution is -2.41. The summed E-state index contributed by atoms with van der Waals surface area (Å²) in [5, 5.41) is 48.4. The first-order valence-electron chi connectivity index (χ1n) is 37.3. The Labute approximate surface area is 654 Å². The fraction of sp³-hybridized carbons (Fsp3) is 0.784. The van der Waals surface area contributed by atoms with Gasteiger partial charge in [0, 0.05) is 110 Å². The van der Waals surface area contributed by atoms with Crippen molar-refractivity contribution in [3.8, 4) is 6.19 Å². The zero-order valence-corrected chi connectivity index (χ0v) is 69.9. The van der Waals surface area contributed by atoms with Crippen LogP contribution < -0.4 is 54.0 Å². The molecule has 108 heavy (non-hydrogen) atoms. The van der Waals surface area contributed by atoms with E-state index in [0.29, 0.717) is 104 Å². The first-order valence-corrected chi connectivity index (χ1v) is 37.3. The molecule has 0 bridgehead atoms. The minimum Gasteiger partial charge on any atom is -0.444 e. The molecule has 0 aliphatic rings. The molecular formula is C74H147ClN20O13. The monoisotopic (exact) mass is 1560 g/mol. The van der Waals surface area contributed by atoms with Gasteiger partial charge in [0.1, 0.15) is 33.6 Å². The summed E-state index contributed by atoms with van der Waals surface area (Å²) < 4.78 is 34.1. The number of halogens is 1. The first-order chi connectivity index (χ1) is 49.4. The smallest absolute Gasteiger partial charge is 0.407 e. The zero-order valence-electron chi connectivity index (χ0n) is 69.1. The number of alkyl carbamates (subject to hydrolysis) is 6. The molecule has 0 saturated carbocycles. The van der Waals surface area contributed by atoms with Crippen molar-refractivity contribution >= 4 is 66.8 Å². The van der Waals surface area contributed by atoms with Crippen LogP contribution in [0.2, 0.25) is 0 Å². The van der Waals surface area contributed by atoms with Crippen molar-refractivity contribution in [2.45, 2.75) is 263 Å². The summed E-state index contributed by atoms with van der Waals surface area (Å²) in [4.78, 5) is 91.1. The number of carbonyl (C=O) groups is 7. The van der Waals surface area contributed by atoms with Crippen molar-refractivity contribution in [3.63, 3.8) is 0 Å². The molecule has 0 radical (unpaired) electrons. The Morgan fingerprint density at radius 1 is 0.435 bits per heavy atom. The standard InChI is InChI=1S/C22H38N6O5.C20H36N6O4.C13H25N3O2.C12H26N2O2.C6H17N3.CH4.ClH/c1-17(29)26-18(28-16-10-13-25-28)27(14-8-11-23-19(30)32-21(2,3)4)15-9-12-24-20(31)33-22(5,6)7;1-19(2,3)29-17(27)22-10-7-13-25(16(21)26-15-9-12-24-26)14-8-11-23-18(28)30-20(4,5)6;1-5-6-9-16(11-14)10-7-8-15-12(17)18-13(2,3)4;1-5-6-8-13-9-7-10-14-11(15)16-12(2,3)4;7-3-1-5-9-6-2-4-8;;/h10,13,16H,8-9,11-12,14-15H2,1-7H3,(H,23,30)(H,24,31);9,12,15,21H,7-8,10-11,13-14H2,1-6H3,(H,22,27)(H,23,28);5-10H2,1-4H3,(H,15,17);13H,5-10H2,1-4H3,(H,14,15);9H,1-8H2;1H4;1H. The maximum absolute atomic E-state index is 11.9. The van der Waals surface area contributed by atoms with Gasteiger partial charge in [0.25, 0.3) is 0 Å². The second-order valence-electron chi connectivity index (χ2n) is 30.4. The molecule has 2 rings (SSSR count). The molecule has 628 valence electrons. The normalized spacial score (nSPS) is 11.2. The molecule has 0 saturated heterocycles. The van der Waals surface area contributed by atoms with Crippen molar-refractivity contribution in [1.82, 2.24) is 76.8 Å². The van der Waals surface area contributed by atoms with E-state index in [1.54, 1.807) is 83.4 Å². The number of aliphatic imine (C=N–C) groups is 1. The molecule has 0 aliphatic carbocycles. The molecule has 0 fully saturated rings. The van der Waals surface area contributed by atoms with Gasteiger partial charge in [-0.1, -0.05) is 34.1 Å². The molecule has 33 nitrogen and oxygen atoms in total. The van der Waals surface area contributed by atoms with E-state index >= 15 is 0 Å². The minimum absolute atomic E-state index is 0. The second kappa shape index (κ2) is 61.9. The summed E-state index contributed by atoms with van der Waals surface area (Å²) in [5.74, 6) is 0.251. The maximum atomic E-state index is 11.9.